The van der Waals surface area contributed by atoms with Crippen molar-refractivity contribution in [1.29, 1.82) is 5.41 Å². The molecule has 108 valence electrons. The predicted octanol–water partition coefficient (Wildman–Crippen LogP) is 1.21. The Morgan fingerprint density at radius 1 is 1.40 bits per heavy atom. The number of aromatic nitrogens is 1. The first-order chi connectivity index (χ1) is 9.70. The van der Waals surface area contributed by atoms with Gasteiger partial charge >= 0.3 is 0 Å². The zero-order valence-corrected chi connectivity index (χ0v) is 11.7. The van der Waals surface area contributed by atoms with Gasteiger partial charge in [0.15, 0.2) is 0 Å². The molecule has 2 heterocycles. The zero-order valence-electron chi connectivity index (χ0n) is 11.7. The topological polar surface area (TPSA) is 86.2 Å². The van der Waals surface area contributed by atoms with Gasteiger partial charge in [-0.3, -0.25) is 5.41 Å². The molecule has 3 rings (SSSR count). The molecule has 0 amide bonds. The van der Waals surface area contributed by atoms with E-state index < -0.39 is 0 Å². The monoisotopic (exact) mass is 274 g/mol. The largest absolute Gasteiger partial charge is 0.394 e. The maximum atomic E-state index is 9.59. The Morgan fingerprint density at radius 3 is 3.00 bits per heavy atom. The third-order valence-electron chi connectivity index (χ3n) is 4.43. The molecule has 0 saturated carbocycles. The number of amidine groups is 1. The van der Waals surface area contributed by atoms with Gasteiger partial charge in [0.1, 0.15) is 11.7 Å². The molecule has 0 radical (unpaired) electrons. The van der Waals surface area contributed by atoms with Gasteiger partial charge in [-0.05, 0) is 50.2 Å². The highest BCUT2D eigenvalue weighted by molar-refractivity contribution is 6.00. The fourth-order valence-electron chi connectivity index (χ4n) is 3.35. The molecule has 5 nitrogen and oxygen atoms in total. The summed E-state index contributed by atoms with van der Waals surface area (Å²) in [6.45, 7) is 1.02. The van der Waals surface area contributed by atoms with E-state index >= 15 is 0 Å². The number of pyridine rings is 1. The lowest BCUT2D eigenvalue weighted by atomic mass is 10.0. The molecular formula is C15H22N4O. The number of piperidine rings is 1. The summed E-state index contributed by atoms with van der Waals surface area (Å²) in [5, 5.41) is 17.4. The molecule has 1 saturated heterocycles. The minimum atomic E-state index is 0.0736. The van der Waals surface area contributed by atoms with Crippen LogP contribution in [0.15, 0.2) is 6.07 Å². The smallest absolute Gasteiger partial charge is 0.140 e. The van der Waals surface area contributed by atoms with Gasteiger partial charge in [0.2, 0.25) is 0 Å². The lowest BCUT2D eigenvalue weighted by Gasteiger charge is -2.36. The highest BCUT2D eigenvalue weighted by Crippen LogP contribution is 2.30. The minimum Gasteiger partial charge on any atom is -0.394 e. The fraction of sp³-hybridized carbons (Fsp3) is 0.600. The molecule has 1 fully saturated rings. The van der Waals surface area contributed by atoms with E-state index in [0.717, 1.165) is 62.1 Å². The van der Waals surface area contributed by atoms with Crippen LogP contribution in [0.25, 0.3) is 0 Å². The Kier molecular flexibility index (Phi) is 3.61. The van der Waals surface area contributed by atoms with Crippen molar-refractivity contribution < 1.29 is 5.11 Å². The number of hydrogen-bond acceptors (Lipinski definition) is 4. The van der Waals surface area contributed by atoms with E-state index in [4.69, 9.17) is 16.1 Å². The summed E-state index contributed by atoms with van der Waals surface area (Å²) in [6, 6.07) is 2.14. The molecule has 1 atom stereocenters. The average molecular weight is 274 g/mol. The first kappa shape index (κ1) is 13.4. The first-order valence-corrected chi connectivity index (χ1v) is 7.45. The molecule has 4 N–H and O–H groups in total. The number of nitrogens with one attached hydrogen (secondary N) is 1. The van der Waals surface area contributed by atoms with E-state index in [-0.39, 0.29) is 18.5 Å². The second-order valence-corrected chi connectivity index (χ2v) is 5.76. The summed E-state index contributed by atoms with van der Waals surface area (Å²) in [7, 11) is 0. The Balaban J connectivity index is 2.04. The number of nitrogen functional groups attached to an aromatic ring is 1. The molecule has 5 heteroatoms. The molecule has 0 aromatic carbocycles. The van der Waals surface area contributed by atoms with E-state index in [1.807, 2.05) is 6.07 Å². The van der Waals surface area contributed by atoms with Crippen molar-refractivity contribution in [1.82, 2.24) is 4.98 Å². The van der Waals surface area contributed by atoms with E-state index in [9.17, 15) is 5.11 Å². The number of nitrogens with two attached hydrogens (primary N) is 1. The lowest BCUT2D eigenvalue weighted by molar-refractivity contribution is 0.239. The summed E-state index contributed by atoms with van der Waals surface area (Å²) in [5.74, 6) is 0.876. The van der Waals surface area contributed by atoms with Gasteiger partial charge < -0.3 is 15.7 Å². The lowest BCUT2D eigenvalue weighted by Crippen LogP contribution is -2.43. The quantitative estimate of drug-likeness (QED) is 0.571. The van der Waals surface area contributed by atoms with Gasteiger partial charge in [-0.2, -0.15) is 0 Å². The van der Waals surface area contributed by atoms with Crippen LogP contribution in [0.2, 0.25) is 0 Å². The minimum absolute atomic E-state index is 0.0736. The summed E-state index contributed by atoms with van der Waals surface area (Å²) >= 11 is 0. The van der Waals surface area contributed by atoms with Crippen LogP contribution in [0.1, 0.15) is 42.5 Å². The summed E-state index contributed by atoms with van der Waals surface area (Å²) in [6.07, 6.45) is 6.40. The number of aliphatic hydroxyl groups excluding tert-OH is 1. The molecule has 1 aliphatic heterocycles. The maximum absolute atomic E-state index is 9.59. The average Bonchev–Trinajstić information content (AvgIpc) is 2.93. The highest BCUT2D eigenvalue weighted by atomic mass is 16.3. The van der Waals surface area contributed by atoms with Gasteiger partial charge in [-0.1, -0.05) is 0 Å². The molecule has 1 aromatic rings. The van der Waals surface area contributed by atoms with Crippen molar-refractivity contribution in [2.24, 2.45) is 5.73 Å². The Hall–Kier alpha value is -1.62. The highest BCUT2D eigenvalue weighted by Gasteiger charge is 2.27. The second-order valence-electron chi connectivity index (χ2n) is 5.76. The third-order valence-corrected chi connectivity index (χ3v) is 4.43. The van der Waals surface area contributed by atoms with Crippen LogP contribution in [-0.2, 0) is 12.8 Å². The number of aliphatic hydroxyl groups is 1. The van der Waals surface area contributed by atoms with E-state index in [2.05, 4.69) is 4.90 Å². The summed E-state index contributed by atoms with van der Waals surface area (Å²) < 4.78 is 0. The number of fused-ring (bicyclic) bond motifs is 1. The maximum Gasteiger partial charge on any atom is 0.140 e. The van der Waals surface area contributed by atoms with E-state index in [0.29, 0.717) is 0 Å². The van der Waals surface area contributed by atoms with E-state index in [1.54, 1.807) is 0 Å². The number of rotatable bonds is 3. The van der Waals surface area contributed by atoms with Crippen LogP contribution in [0, 0.1) is 5.41 Å². The predicted molar refractivity (Wildman–Crippen MR) is 79.3 cm³/mol. The van der Waals surface area contributed by atoms with Crippen LogP contribution in [-0.4, -0.2) is 35.1 Å². The van der Waals surface area contributed by atoms with Gasteiger partial charge in [-0.25, -0.2) is 4.98 Å². The van der Waals surface area contributed by atoms with Gasteiger partial charge in [-0.15, -0.1) is 0 Å². The van der Waals surface area contributed by atoms with Crippen LogP contribution < -0.4 is 10.6 Å². The fourth-order valence-corrected chi connectivity index (χ4v) is 3.35. The third kappa shape index (κ3) is 2.26. The number of nitrogens with zero attached hydrogens (tertiary/aromatic N) is 2. The summed E-state index contributed by atoms with van der Waals surface area (Å²) in [4.78, 5) is 6.94. The van der Waals surface area contributed by atoms with Gasteiger partial charge in [0, 0.05) is 12.2 Å². The molecule has 1 aliphatic carbocycles. The number of aryl methyl sites for hydroxylation is 2. The Bertz CT molecular complexity index is 529. The Labute approximate surface area is 119 Å². The van der Waals surface area contributed by atoms with Crippen molar-refractivity contribution in [3.8, 4) is 0 Å². The molecular weight excluding hydrogens is 252 g/mol. The normalized spacial score (nSPS) is 21.9. The van der Waals surface area contributed by atoms with Crippen molar-refractivity contribution in [3.05, 3.63) is 22.9 Å². The Morgan fingerprint density at radius 2 is 2.25 bits per heavy atom. The van der Waals surface area contributed by atoms with Crippen LogP contribution in [0.3, 0.4) is 0 Å². The second kappa shape index (κ2) is 5.40. The molecule has 1 aromatic heterocycles. The molecule has 1 unspecified atom stereocenters. The molecule has 20 heavy (non-hydrogen) atoms. The number of anilines is 1. The van der Waals surface area contributed by atoms with Crippen molar-refractivity contribution >= 4 is 11.7 Å². The van der Waals surface area contributed by atoms with Crippen LogP contribution in [0.4, 0.5) is 5.82 Å². The standard InChI is InChI=1S/C15H22N4O/c16-14(17)12-8-10-4-3-6-13(10)18-15(12)19-7-2-1-5-11(19)9-20/h8,11,20H,1-7,9H2,(H3,16,17). The zero-order chi connectivity index (χ0) is 14.1. The van der Waals surface area contributed by atoms with Crippen molar-refractivity contribution in [3.63, 3.8) is 0 Å². The first-order valence-electron chi connectivity index (χ1n) is 7.45. The molecule has 2 aliphatic rings. The number of hydrogen-bond donors (Lipinski definition) is 3. The van der Waals surface area contributed by atoms with Gasteiger partial charge in [0.05, 0.1) is 18.2 Å². The SMILES string of the molecule is N=C(N)c1cc2c(nc1N1CCCCC1CO)CCC2. The van der Waals surface area contributed by atoms with Crippen molar-refractivity contribution in [2.75, 3.05) is 18.1 Å². The van der Waals surface area contributed by atoms with Gasteiger partial charge in [0.25, 0.3) is 0 Å². The molecule has 0 bridgehead atoms. The van der Waals surface area contributed by atoms with Crippen molar-refractivity contribution in [2.45, 2.75) is 44.6 Å². The van der Waals surface area contributed by atoms with E-state index in [1.165, 1.54) is 5.56 Å². The van der Waals surface area contributed by atoms with Crippen LogP contribution >= 0.6 is 0 Å². The molecule has 0 spiro atoms. The van der Waals surface area contributed by atoms with Crippen LogP contribution in [0.5, 0.6) is 0 Å². The summed E-state index contributed by atoms with van der Waals surface area (Å²) in [5.41, 5.74) is 8.86.